The minimum atomic E-state index is -1.57. The SMILES string of the molecule is COCCOC(=O)OCC(C)(COC(=O)[C@@H](C)OC(=O)[C@@H](C)O)C(=O)OCCCCNC(N)[NH3+]. The summed E-state index contributed by atoms with van der Waals surface area (Å²) in [6.45, 7) is 3.50. The minimum Gasteiger partial charge on any atom is -0.465 e. The first-order valence-corrected chi connectivity index (χ1v) is 10.8. The molecule has 14 heteroatoms. The van der Waals surface area contributed by atoms with Gasteiger partial charge in [0, 0.05) is 13.7 Å². The Kier molecular flexibility index (Phi) is 15.7. The first kappa shape index (κ1) is 31.5. The Bertz CT molecular complexity index is 645. The summed E-state index contributed by atoms with van der Waals surface area (Å²) in [6, 6.07) is 0. The minimum absolute atomic E-state index is 0.0530. The molecule has 4 atom stereocenters. The first-order valence-electron chi connectivity index (χ1n) is 10.8. The number of carbonyl (C=O) groups is 4. The lowest BCUT2D eigenvalue weighted by molar-refractivity contribution is -0.427. The van der Waals surface area contributed by atoms with Crippen LogP contribution in [0.4, 0.5) is 4.79 Å². The number of rotatable bonds is 17. The maximum absolute atomic E-state index is 12.7. The van der Waals surface area contributed by atoms with Gasteiger partial charge in [0.1, 0.15) is 31.3 Å². The smallest absolute Gasteiger partial charge is 0.465 e. The zero-order valence-corrected chi connectivity index (χ0v) is 20.2. The van der Waals surface area contributed by atoms with Crippen molar-refractivity contribution in [3.05, 3.63) is 0 Å². The molecule has 0 bridgehead atoms. The third-order valence-electron chi connectivity index (χ3n) is 4.22. The van der Waals surface area contributed by atoms with Crippen molar-refractivity contribution in [2.75, 3.05) is 46.7 Å². The molecule has 0 spiro atoms. The highest BCUT2D eigenvalue weighted by molar-refractivity contribution is 5.81. The summed E-state index contributed by atoms with van der Waals surface area (Å²) >= 11 is 0. The Morgan fingerprint density at radius 3 is 2.21 bits per heavy atom. The maximum Gasteiger partial charge on any atom is 0.508 e. The number of aliphatic hydroxyl groups excluding tert-OH is 1. The van der Waals surface area contributed by atoms with Gasteiger partial charge in [0.05, 0.1) is 13.2 Å². The highest BCUT2D eigenvalue weighted by Gasteiger charge is 2.39. The lowest BCUT2D eigenvalue weighted by Crippen LogP contribution is -2.73. The number of nitrogens with two attached hydrogens (primary N) is 1. The molecule has 0 saturated carbocycles. The Balaban J connectivity index is 4.93. The molecule has 14 nitrogen and oxygen atoms in total. The monoisotopic (exact) mass is 496 g/mol. The average Bonchev–Trinajstić information content (AvgIpc) is 2.77. The van der Waals surface area contributed by atoms with Crippen molar-refractivity contribution in [1.29, 1.82) is 0 Å². The molecular formula is C20H38N3O11+. The predicted octanol–water partition coefficient (Wildman–Crippen LogP) is -1.95. The molecule has 0 rings (SSSR count). The molecule has 0 radical (unpaired) electrons. The third kappa shape index (κ3) is 13.9. The fraction of sp³-hybridized carbons (Fsp3) is 0.800. The molecule has 0 saturated heterocycles. The third-order valence-corrected chi connectivity index (χ3v) is 4.22. The first-order chi connectivity index (χ1) is 15.9. The Labute approximate surface area is 198 Å². The van der Waals surface area contributed by atoms with Gasteiger partial charge >= 0.3 is 24.1 Å². The van der Waals surface area contributed by atoms with Crippen molar-refractivity contribution >= 4 is 24.1 Å². The number of methoxy groups -OCH3 is 1. The van der Waals surface area contributed by atoms with E-state index in [1.165, 1.54) is 27.9 Å². The van der Waals surface area contributed by atoms with Crippen LogP contribution in [0.3, 0.4) is 0 Å². The summed E-state index contributed by atoms with van der Waals surface area (Å²) in [7, 11) is 1.43. The predicted molar refractivity (Wildman–Crippen MR) is 115 cm³/mol. The number of hydrogen-bond donors (Lipinski definition) is 4. The molecule has 0 aliphatic rings. The van der Waals surface area contributed by atoms with E-state index in [0.29, 0.717) is 19.4 Å². The molecule has 0 aliphatic carbocycles. The summed E-state index contributed by atoms with van der Waals surface area (Å²) in [4.78, 5) is 48.0. The van der Waals surface area contributed by atoms with E-state index in [4.69, 9.17) is 34.2 Å². The summed E-state index contributed by atoms with van der Waals surface area (Å²) in [5.41, 5.74) is 7.50. The fourth-order valence-electron chi connectivity index (χ4n) is 2.15. The van der Waals surface area contributed by atoms with Gasteiger partial charge in [-0.3, -0.25) is 15.8 Å². The number of nitrogens with one attached hydrogen (secondary N) is 1. The van der Waals surface area contributed by atoms with E-state index in [2.05, 4.69) is 11.1 Å². The molecule has 0 heterocycles. The Hall–Kier alpha value is -2.52. The largest absolute Gasteiger partial charge is 0.508 e. The van der Waals surface area contributed by atoms with Crippen LogP contribution in [0.15, 0.2) is 0 Å². The average molecular weight is 497 g/mol. The van der Waals surface area contributed by atoms with Crippen molar-refractivity contribution in [3.63, 3.8) is 0 Å². The van der Waals surface area contributed by atoms with Gasteiger partial charge in [-0.15, -0.1) is 0 Å². The van der Waals surface area contributed by atoms with Gasteiger partial charge in [0.15, 0.2) is 12.4 Å². The number of hydrogen-bond acceptors (Lipinski definition) is 13. The molecule has 7 N–H and O–H groups in total. The second kappa shape index (κ2) is 17.0. The lowest BCUT2D eigenvalue weighted by Gasteiger charge is -2.27. The van der Waals surface area contributed by atoms with Crippen molar-refractivity contribution in [2.45, 2.75) is 52.1 Å². The summed E-state index contributed by atoms with van der Waals surface area (Å²) in [5, 5.41) is 12.1. The van der Waals surface area contributed by atoms with Crippen molar-refractivity contribution in [1.82, 2.24) is 5.32 Å². The fourth-order valence-corrected chi connectivity index (χ4v) is 2.15. The highest BCUT2D eigenvalue weighted by atomic mass is 16.7. The van der Waals surface area contributed by atoms with Crippen molar-refractivity contribution < 1.29 is 58.4 Å². The van der Waals surface area contributed by atoms with Gasteiger partial charge in [0.25, 0.3) is 0 Å². The number of ether oxygens (including phenoxy) is 6. The number of esters is 3. The van der Waals surface area contributed by atoms with E-state index in [1.54, 1.807) is 0 Å². The molecule has 34 heavy (non-hydrogen) atoms. The normalized spacial score (nSPS) is 15.3. The molecule has 2 unspecified atom stereocenters. The van der Waals surface area contributed by atoms with Crippen LogP contribution in [0.5, 0.6) is 0 Å². The molecule has 0 aromatic rings. The van der Waals surface area contributed by atoms with E-state index in [0.717, 1.165) is 0 Å². The number of aliphatic hydroxyl groups is 1. The van der Waals surface area contributed by atoms with Gasteiger partial charge in [0.2, 0.25) is 0 Å². The zero-order chi connectivity index (χ0) is 26.1. The van der Waals surface area contributed by atoms with E-state index in [1.807, 2.05) is 0 Å². The molecule has 198 valence electrons. The highest BCUT2D eigenvalue weighted by Crippen LogP contribution is 2.21. The van der Waals surface area contributed by atoms with Crippen molar-refractivity contribution in [2.24, 2.45) is 11.1 Å². The molecular weight excluding hydrogens is 458 g/mol. The van der Waals surface area contributed by atoms with Crippen LogP contribution in [-0.2, 0) is 42.8 Å². The number of quaternary nitrogens is 1. The van der Waals surface area contributed by atoms with E-state index in [-0.39, 0.29) is 19.8 Å². The second-order valence-electron chi connectivity index (χ2n) is 7.71. The maximum atomic E-state index is 12.7. The standard InChI is InChI=1S/C20H37N3O11/c1-13(24)15(25)34-14(2)16(26)32-11-20(3,12-33-19(28)31-10-9-29-4)17(27)30-8-6-5-7-23-18(21)22/h13-14,18,23-24H,5-12,21-22H2,1-4H3/p+1/t13-,14-,20?/m1/s1. The molecule has 0 aromatic carbocycles. The van der Waals surface area contributed by atoms with Gasteiger partial charge in [-0.1, -0.05) is 0 Å². The Morgan fingerprint density at radius 1 is 0.971 bits per heavy atom. The van der Waals surface area contributed by atoms with E-state index in [9.17, 15) is 24.3 Å². The van der Waals surface area contributed by atoms with Gasteiger partial charge in [-0.05, 0) is 33.6 Å². The zero-order valence-electron chi connectivity index (χ0n) is 20.2. The molecule has 0 aromatic heterocycles. The second-order valence-corrected chi connectivity index (χ2v) is 7.71. The van der Waals surface area contributed by atoms with Crippen LogP contribution < -0.4 is 16.8 Å². The lowest BCUT2D eigenvalue weighted by atomic mass is 9.93. The van der Waals surface area contributed by atoms with Crippen LogP contribution in [0, 0.1) is 5.41 Å². The summed E-state index contributed by atoms with van der Waals surface area (Å²) < 4.78 is 29.6. The van der Waals surface area contributed by atoms with Gasteiger partial charge in [-0.25, -0.2) is 14.4 Å². The molecule has 0 amide bonds. The van der Waals surface area contributed by atoms with E-state index >= 15 is 0 Å². The van der Waals surface area contributed by atoms with Gasteiger partial charge < -0.3 is 39.3 Å². The van der Waals surface area contributed by atoms with E-state index < -0.39 is 61.2 Å². The van der Waals surface area contributed by atoms with Gasteiger partial charge in [-0.2, -0.15) is 0 Å². The quantitative estimate of drug-likeness (QED) is 0.0747. The molecule has 0 aliphatic heterocycles. The molecule has 0 fully saturated rings. The van der Waals surface area contributed by atoms with Crippen LogP contribution >= 0.6 is 0 Å². The number of carbonyl (C=O) groups excluding carboxylic acids is 4. The topological polar surface area (TPSA) is 210 Å². The Morgan fingerprint density at radius 2 is 1.62 bits per heavy atom. The van der Waals surface area contributed by atoms with Crippen molar-refractivity contribution in [3.8, 4) is 0 Å². The van der Waals surface area contributed by atoms with Crippen LogP contribution in [0.2, 0.25) is 0 Å². The number of unbranched alkanes of at least 4 members (excludes halogenated alkanes) is 1. The van der Waals surface area contributed by atoms with Crippen LogP contribution in [0.25, 0.3) is 0 Å². The summed E-state index contributed by atoms with van der Waals surface area (Å²) in [6.07, 6.45) is -3.02. The van der Waals surface area contributed by atoms with Crippen LogP contribution in [0.1, 0.15) is 33.6 Å². The van der Waals surface area contributed by atoms with Crippen LogP contribution in [-0.4, -0.2) is 94.4 Å². The summed E-state index contributed by atoms with van der Waals surface area (Å²) in [5.74, 6) is -2.75.